The highest BCUT2D eigenvalue weighted by molar-refractivity contribution is 5.79. The second-order valence-corrected chi connectivity index (χ2v) is 7.09. The first-order chi connectivity index (χ1) is 12.8. The number of hydrogen-bond donors (Lipinski definition) is 3. The van der Waals surface area contributed by atoms with Gasteiger partial charge in [-0.05, 0) is 45.2 Å². The predicted octanol–water partition coefficient (Wildman–Crippen LogP) is 2.80. The lowest BCUT2D eigenvalue weighted by Gasteiger charge is -2.19. The van der Waals surface area contributed by atoms with Crippen molar-refractivity contribution in [2.75, 3.05) is 26.7 Å². The molecule has 0 heterocycles. The quantitative estimate of drug-likeness (QED) is 0.350. The molecule has 1 rings (SSSR count). The van der Waals surface area contributed by atoms with E-state index in [0.717, 1.165) is 19.0 Å². The molecule has 0 saturated heterocycles. The number of carbonyl (C=O) groups is 1. The van der Waals surface area contributed by atoms with Crippen LogP contribution >= 0.6 is 0 Å². The molecule has 0 unspecified atom stereocenters. The lowest BCUT2D eigenvalue weighted by molar-refractivity contribution is 0.0527. The van der Waals surface area contributed by atoms with Crippen LogP contribution in [-0.2, 0) is 22.6 Å². The van der Waals surface area contributed by atoms with Crippen LogP contribution in [0.4, 0.5) is 4.79 Å². The van der Waals surface area contributed by atoms with Crippen molar-refractivity contribution in [3.63, 3.8) is 0 Å². The minimum Gasteiger partial charge on any atom is -0.444 e. The van der Waals surface area contributed by atoms with Crippen molar-refractivity contribution in [2.45, 2.75) is 52.9 Å². The van der Waals surface area contributed by atoms with E-state index >= 15 is 0 Å². The summed E-state index contributed by atoms with van der Waals surface area (Å²) < 4.78 is 10.6. The summed E-state index contributed by atoms with van der Waals surface area (Å²) >= 11 is 0. The fourth-order valence-corrected chi connectivity index (χ4v) is 2.18. The summed E-state index contributed by atoms with van der Waals surface area (Å²) in [6.07, 6.45) is 0.379. The van der Waals surface area contributed by atoms with E-state index in [9.17, 15) is 4.79 Å². The summed E-state index contributed by atoms with van der Waals surface area (Å²) in [6.45, 7) is 10.8. The molecule has 7 heteroatoms. The van der Waals surface area contributed by atoms with E-state index in [0.29, 0.717) is 26.2 Å². The van der Waals surface area contributed by atoms with Gasteiger partial charge in [0.1, 0.15) is 5.60 Å². The molecule has 0 aliphatic carbocycles. The van der Waals surface area contributed by atoms with Crippen LogP contribution in [0.2, 0.25) is 0 Å². The topological polar surface area (TPSA) is 84.0 Å². The summed E-state index contributed by atoms with van der Waals surface area (Å²) in [6, 6.07) is 8.31. The van der Waals surface area contributed by atoms with Crippen molar-refractivity contribution < 1.29 is 14.3 Å². The third-order valence-electron chi connectivity index (χ3n) is 3.49. The average molecular weight is 379 g/mol. The van der Waals surface area contributed by atoms with E-state index in [1.807, 2.05) is 27.7 Å². The van der Waals surface area contributed by atoms with Gasteiger partial charge < -0.3 is 25.4 Å². The van der Waals surface area contributed by atoms with E-state index in [2.05, 4.69) is 45.2 Å². The van der Waals surface area contributed by atoms with E-state index in [1.54, 1.807) is 7.05 Å². The third-order valence-corrected chi connectivity index (χ3v) is 3.49. The van der Waals surface area contributed by atoms with Gasteiger partial charge in [0, 0.05) is 33.3 Å². The molecule has 0 aliphatic rings. The van der Waals surface area contributed by atoms with Crippen molar-refractivity contribution >= 4 is 12.1 Å². The number of nitrogens with zero attached hydrogens (tertiary/aromatic N) is 1. The van der Waals surface area contributed by atoms with Gasteiger partial charge in [0.25, 0.3) is 0 Å². The molecule has 27 heavy (non-hydrogen) atoms. The van der Waals surface area contributed by atoms with E-state index in [1.165, 1.54) is 11.1 Å². The fraction of sp³-hybridized carbons (Fsp3) is 0.600. The molecule has 152 valence electrons. The Morgan fingerprint density at radius 1 is 1.04 bits per heavy atom. The Morgan fingerprint density at radius 3 is 2.26 bits per heavy atom. The number of nitrogens with one attached hydrogen (secondary N) is 3. The molecule has 0 atom stereocenters. The van der Waals surface area contributed by atoms with Crippen LogP contribution in [0.5, 0.6) is 0 Å². The SMILES string of the molecule is CCOCc1ccc(CNC(=NC)NCCCNC(=O)OC(C)(C)C)cc1. The van der Waals surface area contributed by atoms with Gasteiger partial charge in [-0.25, -0.2) is 4.79 Å². The van der Waals surface area contributed by atoms with Gasteiger partial charge in [-0.1, -0.05) is 24.3 Å². The number of alkyl carbamates (subject to hydrolysis) is 1. The summed E-state index contributed by atoms with van der Waals surface area (Å²) in [5, 5.41) is 9.24. The summed E-state index contributed by atoms with van der Waals surface area (Å²) in [4.78, 5) is 15.8. The molecule has 0 saturated carbocycles. The summed E-state index contributed by atoms with van der Waals surface area (Å²) in [5.41, 5.74) is 1.86. The third kappa shape index (κ3) is 11.1. The summed E-state index contributed by atoms with van der Waals surface area (Å²) in [5.74, 6) is 0.727. The fourth-order valence-electron chi connectivity index (χ4n) is 2.18. The van der Waals surface area contributed by atoms with Gasteiger partial charge in [0.15, 0.2) is 5.96 Å². The Bertz CT molecular complexity index is 580. The second-order valence-electron chi connectivity index (χ2n) is 7.09. The van der Waals surface area contributed by atoms with Crippen molar-refractivity contribution in [1.82, 2.24) is 16.0 Å². The Labute approximate surface area is 162 Å². The zero-order valence-corrected chi connectivity index (χ0v) is 17.2. The van der Waals surface area contributed by atoms with Crippen LogP contribution in [0.1, 0.15) is 45.2 Å². The zero-order chi connectivity index (χ0) is 20.1. The lowest BCUT2D eigenvalue weighted by Crippen LogP contribution is -2.39. The number of carbonyl (C=O) groups excluding carboxylic acids is 1. The number of ether oxygens (including phenoxy) is 2. The Kier molecular flexibility index (Phi) is 10.3. The number of rotatable bonds is 9. The minimum atomic E-state index is -0.477. The van der Waals surface area contributed by atoms with Crippen molar-refractivity contribution in [2.24, 2.45) is 4.99 Å². The smallest absolute Gasteiger partial charge is 0.407 e. The van der Waals surface area contributed by atoms with Crippen molar-refractivity contribution in [3.8, 4) is 0 Å². The molecule has 3 N–H and O–H groups in total. The first-order valence-electron chi connectivity index (χ1n) is 9.41. The molecule has 0 aromatic heterocycles. The normalized spacial score (nSPS) is 11.8. The highest BCUT2D eigenvalue weighted by Gasteiger charge is 2.15. The molecule has 0 radical (unpaired) electrons. The van der Waals surface area contributed by atoms with Gasteiger partial charge in [0.2, 0.25) is 0 Å². The molecular weight excluding hydrogens is 344 g/mol. The van der Waals surface area contributed by atoms with Crippen molar-refractivity contribution in [1.29, 1.82) is 0 Å². The largest absolute Gasteiger partial charge is 0.444 e. The van der Waals surface area contributed by atoms with Gasteiger partial charge >= 0.3 is 6.09 Å². The van der Waals surface area contributed by atoms with Crippen LogP contribution in [0.25, 0.3) is 0 Å². The molecule has 1 aromatic rings. The minimum absolute atomic E-state index is 0.391. The maximum atomic E-state index is 11.6. The predicted molar refractivity (Wildman–Crippen MR) is 109 cm³/mol. The standard InChI is InChI=1S/C20H34N4O3/c1-6-26-15-17-10-8-16(9-11-17)14-24-18(21-5)22-12-7-13-23-19(25)27-20(2,3)4/h8-11H,6-7,12-15H2,1-5H3,(H,23,25)(H2,21,22,24). The molecule has 1 aromatic carbocycles. The van der Waals surface area contributed by atoms with E-state index in [4.69, 9.17) is 9.47 Å². The molecule has 0 spiro atoms. The Morgan fingerprint density at radius 2 is 1.67 bits per heavy atom. The Balaban J connectivity index is 2.22. The number of guanidine groups is 1. The van der Waals surface area contributed by atoms with Gasteiger partial charge in [-0.3, -0.25) is 4.99 Å². The number of hydrogen-bond acceptors (Lipinski definition) is 4. The van der Waals surface area contributed by atoms with Gasteiger partial charge in [-0.2, -0.15) is 0 Å². The second kappa shape index (κ2) is 12.2. The average Bonchev–Trinajstić information content (AvgIpc) is 2.61. The van der Waals surface area contributed by atoms with Crippen LogP contribution in [-0.4, -0.2) is 44.4 Å². The van der Waals surface area contributed by atoms with E-state index in [-0.39, 0.29) is 0 Å². The first-order valence-corrected chi connectivity index (χ1v) is 9.41. The first kappa shape index (κ1) is 22.8. The van der Waals surface area contributed by atoms with Gasteiger partial charge in [-0.15, -0.1) is 0 Å². The van der Waals surface area contributed by atoms with Crippen LogP contribution < -0.4 is 16.0 Å². The monoisotopic (exact) mass is 378 g/mol. The molecular formula is C20H34N4O3. The van der Waals surface area contributed by atoms with Gasteiger partial charge in [0.05, 0.1) is 6.61 Å². The van der Waals surface area contributed by atoms with Crippen molar-refractivity contribution in [3.05, 3.63) is 35.4 Å². The molecule has 0 aliphatic heterocycles. The molecule has 0 fully saturated rings. The molecule has 0 bridgehead atoms. The van der Waals surface area contributed by atoms with Crippen LogP contribution in [0.3, 0.4) is 0 Å². The highest BCUT2D eigenvalue weighted by atomic mass is 16.6. The summed E-state index contributed by atoms with van der Waals surface area (Å²) in [7, 11) is 1.74. The highest BCUT2D eigenvalue weighted by Crippen LogP contribution is 2.06. The van der Waals surface area contributed by atoms with E-state index < -0.39 is 11.7 Å². The number of aliphatic imine (C=N–C) groups is 1. The number of benzene rings is 1. The lowest BCUT2D eigenvalue weighted by atomic mass is 10.1. The van der Waals surface area contributed by atoms with Crippen LogP contribution in [0, 0.1) is 0 Å². The molecule has 1 amide bonds. The Hall–Kier alpha value is -2.28. The maximum absolute atomic E-state index is 11.6. The molecule has 7 nitrogen and oxygen atoms in total. The number of amides is 1. The maximum Gasteiger partial charge on any atom is 0.407 e. The zero-order valence-electron chi connectivity index (χ0n) is 17.2. The van der Waals surface area contributed by atoms with Crippen LogP contribution in [0.15, 0.2) is 29.3 Å².